The standard InChI is InChI=1S/C14H22N2/c1-13-6-3-4-7-14(13)12-16-9-5-8-15(2)10-11-16/h3-4,6-7H,5,8-12H2,1-2H3. The van der Waals surface area contributed by atoms with Crippen LogP contribution in [0.5, 0.6) is 0 Å². The van der Waals surface area contributed by atoms with Gasteiger partial charge in [0.05, 0.1) is 0 Å². The summed E-state index contributed by atoms with van der Waals surface area (Å²) in [7, 11) is 2.22. The van der Waals surface area contributed by atoms with Gasteiger partial charge in [-0.2, -0.15) is 0 Å². The van der Waals surface area contributed by atoms with Crippen LogP contribution >= 0.6 is 0 Å². The first-order chi connectivity index (χ1) is 7.75. The van der Waals surface area contributed by atoms with Crippen molar-refractivity contribution in [3.63, 3.8) is 0 Å². The highest BCUT2D eigenvalue weighted by Crippen LogP contribution is 2.12. The molecule has 1 fully saturated rings. The highest BCUT2D eigenvalue weighted by atomic mass is 15.2. The molecule has 0 aromatic heterocycles. The smallest absolute Gasteiger partial charge is 0.0236 e. The molecule has 88 valence electrons. The zero-order valence-corrected chi connectivity index (χ0v) is 10.4. The van der Waals surface area contributed by atoms with Crippen molar-refractivity contribution in [2.75, 3.05) is 33.2 Å². The molecule has 1 saturated heterocycles. The van der Waals surface area contributed by atoms with Gasteiger partial charge in [0, 0.05) is 19.6 Å². The normalized spacial score (nSPS) is 19.6. The van der Waals surface area contributed by atoms with E-state index in [1.807, 2.05) is 0 Å². The zero-order chi connectivity index (χ0) is 11.4. The average Bonchev–Trinajstić information content (AvgIpc) is 2.47. The highest BCUT2D eigenvalue weighted by molar-refractivity contribution is 5.25. The second kappa shape index (κ2) is 5.46. The van der Waals surface area contributed by atoms with Gasteiger partial charge in [-0.15, -0.1) is 0 Å². The fraction of sp³-hybridized carbons (Fsp3) is 0.571. The fourth-order valence-corrected chi connectivity index (χ4v) is 2.29. The Bertz CT molecular complexity index is 335. The molecule has 1 aliphatic heterocycles. The zero-order valence-electron chi connectivity index (χ0n) is 10.4. The number of benzene rings is 1. The van der Waals surface area contributed by atoms with E-state index in [2.05, 4.69) is 48.0 Å². The number of hydrogen-bond acceptors (Lipinski definition) is 2. The van der Waals surface area contributed by atoms with Gasteiger partial charge in [-0.1, -0.05) is 24.3 Å². The minimum atomic E-state index is 1.11. The molecule has 1 heterocycles. The maximum Gasteiger partial charge on any atom is 0.0236 e. The lowest BCUT2D eigenvalue weighted by Crippen LogP contribution is -2.28. The van der Waals surface area contributed by atoms with E-state index in [1.54, 1.807) is 0 Å². The first-order valence-electron chi connectivity index (χ1n) is 6.21. The van der Waals surface area contributed by atoms with Crippen molar-refractivity contribution in [3.8, 4) is 0 Å². The van der Waals surface area contributed by atoms with Gasteiger partial charge in [0.25, 0.3) is 0 Å². The van der Waals surface area contributed by atoms with E-state index < -0.39 is 0 Å². The van der Waals surface area contributed by atoms with E-state index in [4.69, 9.17) is 0 Å². The molecule has 0 radical (unpaired) electrons. The Morgan fingerprint density at radius 1 is 1.06 bits per heavy atom. The monoisotopic (exact) mass is 218 g/mol. The van der Waals surface area contributed by atoms with Crippen LogP contribution in [-0.2, 0) is 6.54 Å². The Hall–Kier alpha value is -0.860. The van der Waals surface area contributed by atoms with E-state index in [0.29, 0.717) is 0 Å². The SMILES string of the molecule is Cc1ccccc1CN1CCCN(C)CC1. The molecule has 0 atom stereocenters. The summed E-state index contributed by atoms with van der Waals surface area (Å²) in [5.41, 5.74) is 2.90. The van der Waals surface area contributed by atoms with E-state index >= 15 is 0 Å². The predicted molar refractivity (Wildman–Crippen MR) is 68.6 cm³/mol. The molecule has 0 amide bonds. The maximum absolute atomic E-state index is 2.58. The third-order valence-electron chi connectivity index (χ3n) is 3.47. The van der Waals surface area contributed by atoms with Gasteiger partial charge in [-0.3, -0.25) is 4.90 Å². The Labute approximate surface area is 98.9 Å². The van der Waals surface area contributed by atoms with Crippen molar-refractivity contribution in [1.82, 2.24) is 9.80 Å². The minimum Gasteiger partial charge on any atom is -0.305 e. The summed E-state index contributed by atoms with van der Waals surface area (Å²) in [6, 6.07) is 8.73. The van der Waals surface area contributed by atoms with Crippen LogP contribution < -0.4 is 0 Å². The van der Waals surface area contributed by atoms with Crippen LogP contribution in [0.3, 0.4) is 0 Å². The lowest BCUT2D eigenvalue weighted by Gasteiger charge is -2.21. The lowest BCUT2D eigenvalue weighted by atomic mass is 10.1. The molecule has 0 aliphatic carbocycles. The summed E-state index contributed by atoms with van der Waals surface area (Å²) >= 11 is 0. The number of likely N-dealkylation sites (N-methyl/N-ethyl adjacent to an activating group) is 1. The minimum absolute atomic E-state index is 1.11. The van der Waals surface area contributed by atoms with Crippen LogP contribution in [0.15, 0.2) is 24.3 Å². The number of hydrogen-bond donors (Lipinski definition) is 0. The molecule has 0 bridgehead atoms. The summed E-state index contributed by atoms with van der Waals surface area (Å²) in [5, 5.41) is 0. The van der Waals surface area contributed by atoms with Crippen molar-refractivity contribution in [2.24, 2.45) is 0 Å². The number of aryl methyl sites for hydroxylation is 1. The predicted octanol–water partition coefficient (Wildman–Crippen LogP) is 2.13. The fourth-order valence-electron chi connectivity index (χ4n) is 2.29. The first-order valence-corrected chi connectivity index (χ1v) is 6.21. The first kappa shape index (κ1) is 11.6. The Morgan fingerprint density at radius 3 is 2.69 bits per heavy atom. The largest absolute Gasteiger partial charge is 0.305 e. The van der Waals surface area contributed by atoms with Gasteiger partial charge in [-0.05, 0) is 44.6 Å². The second-order valence-electron chi connectivity index (χ2n) is 4.86. The van der Waals surface area contributed by atoms with Crippen LogP contribution in [0.2, 0.25) is 0 Å². The van der Waals surface area contributed by atoms with Crippen LogP contribution in [0, 0.1) is 6.92 Å². The van der Waals surface area contributed by atoms with Gasteiger partial charge in [0.2, 0.25) is 0 Å². The van der Waals surface area contributed by atoms with Gasteiger partial charge in [0.15, 0.2) is 0 Å². The molecule has 1 aromatic rings. The average molecular weight is 218 g/mol. The molecule has 0 spiro atoms. The van der Waals surface area contributed by atoms with Gasteiger partial charge in [0.1, 0.15) is 0 Å². The van der Waals surface area contributed by atoms with Gasteiger partial charge < -0.3 is 4.90 Å². The van der Waals surface area contributed by atoms with Crippen molar-refractivity contribution < 1.29 is 0 Å². The van der Waals surface area contributed by atoms with E-state index in [0.717, 1.165) is 6.54 Å². The summed E-state index contributed by atoms with van der Waals surface area (Å²) in [5.74, 6) is 0. The molecular formula is C14H22N2. The van der Waals surface area contributed by atoms with Crippen LogP contribution in [0.25, 0.3) is 0 Å². The lowest BCUT2D eigenvalue weighted by molar-refractivity contribution is 0.269. The van der Waals surface area contributed by atoms with Crippen molar-refractivity contribution >= 4 is 0 Å². The third-order valence-corrected chi connectivity index (χ3v) is 3.47. The molecule has 1 aliphatic rings. The Morgan fingerprint density at radius 2 is 1.88 bits per heavy atom. The quantitative estimate of drug-likeness (QED) is 0.750. The molecule has 1 aromatic carbocycles. The molecule has 16 heavy (non-hydrogen) atoms. The van der Waals surface area contributed by atoms with Crippen LogP contribution in [0.1, 0.15) is 17.5 Å². The molecule has 0 saturated carbocycles. The summed E-state index contributed by atoms with van der Waals surface area (Å²) in [4.78, 5) is 5.00. The van der Waals surface area contributed by atoms with Crippen molar-refractivity contribution in [3.05, 3.63) is 35.4 Å². The maximum atomic E-state index is 2.58. The van der Waals surface area contributed by atoms with E-state index in [-0.39, 0.29) is 0 Å². The number of nitrogens with zero attached hydrogens (tertiary/aromatic N) is 2. The summed E-state index contributed by atoms with van der Waals surface area (Å²) < 4.78 is 0. The molecule has 0 unspecified atom stereocenters. The van der Waals surface area contributed by atoms with E-state index in [9.17, 15) is 0 Å². The molecule has 0 N–H and O–H groups in total. The van der Waals surface area contributed by atoms with E-state index in [1.165, 1.54) is 43.7 Å². The topological polar surface area (TPSA) is 6.48 Å². The summed E-state index contributed by atoms with van der Waals surface area (Å²) in [6.07, 6.45) is 1.29. The molecule has 2 nitrogen and oxygen atoms in total. The molecular weight excluding hydrogens is 196 g/mol. The summed E-state index contributed by atoms with van der Waals surface area (Å²) in [6.45, 7) is 8.19. The van der Waals surface area contributed by atoms with Crippen LogP contribution in [0.4, 0.5) is 0 Å². The Kier molecular flexibility index (Phi) is 3.97. The third kappa shape index (κ3) is 3.06. The van der Waals surface area contributed by atoms with Crippen LogP contribution in [-0.4, -0.2) is 43.0 Å². The van der Waals surface area contributed by atoms with Gasteiger partial charge in [-0.25, -0.2) is 0 Å². The van der Waals surface area contributed by atoms with Gasteiger partial charge >= 0.3 is 0 Å². The highest BCUT2D eigenvalue weighted by Gasteiger charge is 2.12. The van der Waals surface area contributed by atoms with Crippen molar-refractivity contribution in [2.45, 2.75) is 19.9 Å². The number of rotatable bonds is 2. The van der Waals surface area contributed by atoms with Crippen molar-refractivity contribution in [1.29, 1.82) is 0 Å². The second-order valence-corrected chi connectivity index (χ2v) is 4.86. The Balaban J connectivity index is 1.96. The molecule has 2 heteroatoms. The molecule has 2 rings (SSSR count).